The first-order valence-corrected chi connectivity index (χ1v) is 7.50. The largest absolute Gasteiger partial charge is 0.337 e. The summed E-state index contributed by atoms with van der Waals surface area (Å²) in [7, 11) is 0. The fourth-order valence-corrected chi connectivity index (χ4v) is 2.52. The van der Waals surface area contributed by atoms with Crippen LogP contribution >= 0.6 is 0 Å². The number of rotatable bonds is 4. The zero-order chi connectivity index (χ0) is 14.4. The lowest BCUT2D eigenvalue weighted by atomic mass is 10.0. The van der Waals surface area contributed by atoms with Crippen molar-refractivity contribution in [2.24, 2.45) is 0 Å². The van der Waals surface area contributed by atoms with Crippen LogP contribution in [0, 0.1) is 0 Å². The van der Waals surface area contributed by atoms with Gasteiger partial charge in [0.1, 0.15) is 0 Å². The maximum absolute atomic E-state index is 12.1. The third-order valence-electron chi connectivity index (χ3n) is 4.03. The van der Waals surface area contributed by atoms with Crippen LogP contribution in [0.2, 0.25) is 0 Å². The summed E-state index contributed by atoms with van der Waals surface area (Å²) >= 11 is 0. The first-order valence-electron chi connectivity index (χ1n) is 7.50. The molecule has 0 spiro atoms. The highest BCUT2D eigenvalue weighted by molar-refractivity contribution is 5.74. The Hall–Kier alpha value is -1.55. The van der Waals surface area contributed by atoms with Crippen molar-refractivity contribution < 1.29 is 4.79 Å². The first-order chi connectivity index (χ1) is 9.70. The highest BCUT2D eigenvalue weighted by atomic mass is 16.2. The van der Waals surface area contributed by atoms with Crippen LogP contribution in [0.4, 0.5) is 4.79 Å². The standard InChI is InChI=1S/C16H25N3O/c1-3-18-9-11-19(12-10-18)16(20)17-13-14(2)15-7-5-4-6-8-15/h4-8,14H,3,9-13H2,1-2H3,(H,17,20). The molecule has 1 aromatic carbocycles. The van der Waals surface area contributed by atoms with Crippen molar-refractivity contribution in [3.8, 4) is 0 Å². The minimum absolute atomic E-state index is 0.0727. The summed E-state index contributed by atoms with van der Waals surface area (Å²) in [6, 6.07) is 10.4. The molecule has 1 unspecified atom stereocenters. The molecule has 1 aromatic rings. The Morgan fingerprint density at radius 1 is 1.20 bits per heavy atom. The fourth-order valence-electron chi connectivity index (χ4n) is 2.52. The van der Waals surface area contributed by atoms with Crippen LogP contribution in [0.15, 0.2) is 30.3 Å². The van der Waals surface area contributed by atoms with Gasteiger partial charge in [0.2, 0.25) is 0 Å². The quantitative estimate of drug-likeness (QED) is 0.914. The first kappa shape index (κ1) is 14.9. The van der Waals surface area contributed by atoms with Gasteiger partial charge in [-0.05, 0) is 18.0 Å². The fraction of sp³-hybridized carbons (Fsp3) is 0.562. The smallest absolute Gasteiger partial charge is 0.317 e. The second kappa shape index (κ2) is 7.29. The van der Waals surface area contributed by atoms with Crippen molar-refractivity contribution in [2.45, 2.75) is 19.8 Å². The predicted octanol–water partition coefficient (Wildman–Crippen LogP) is 2.14. The number of benzene rings is 1. The van der Waals surface area contributed by atoms with Gasteiger partial charge in [-0.25, -0.2) is 4.79 Å². The summed E-state index contributed by atoms with van der Waals surface area (Å²) < 4.78 is 0. The summed E-state index contributed by atoms with van der Waals surface area (Å²) in [6.45, 7) is 9.70. The zero-order valence-electron chi connectivity index (χ0n) is 12.5. The Balaban J connectivity index is 1.75. The predicted molar refractivity (Wildman–Crippen MR) is 81.9 cm³/mol. The molecule has 0 aliphatic carbocycles. The van der Waals surface area contributed by atoms with E-state index in [4.69, 9.17) is 0 Å². The van der Waals surface area contributed by atoms with Crippen molar-refractivity contribution >= 4 is 6.03 Å². The molecule has 0 saturated carbocycles. The molecular formula is C16H25N3O. The lowest BCUT2D eigenvalue weighted by Crippen LogP contribution is -2.52. The van der Waals surface area contributed by atoms with E-state index in [0.717, 1.165) is 32.7 Å². The van der Waals surface area contributed by atoms with Gasteiger partial charge in [-0.3, -0.25) is 0 Å². The molecule has 0 radical (unpaired) electrons. The lowest BCUT2D eigenvalue weighted by Gasteiger charge is -2.34. The molecular weight excluding hydrogens is 250 g/mol. The van der Waals surface area contributed by atoms with E-state index in [1.807, 2.05) is 23.1 Å². The number of hydrogen-bond acceptors (Lipinski definition) is 2. The summed E-state index contributed by atoms with van der Waals surface area (Å²) in [5, 5.41) is 3.05. The van der Waals surface area contributed by atoms with Gasteiger partial charge in [0.15, 0.2) is 0 Å². The summed E-state index contributed by atoms with van der Waals surface area (Å²) in [4.78, 5) is 16.4. The number of nitrogens with one attached hydrogen (secondary N) is 1. The van der Waals surface area contributed by atoms with Crippen LogP contribution in [0.25, 0.3) is 0 Å². The molecule has 2 amide bonds. The van der Waals surface area contributed by atoms with E-state index < -0.39 is 0 Å². The molecule has 1 aliphatic heterocycles. The van der Waals surface area contributed by atoms with E-state index in [2.05, 4.69) is 36.2 Å². The van der Waals surface area contributed by atoms with Crippen molar-refractivity contribution in [1.29, 1.82) is 0 Å². The second-order valence-electron chi connectivity index (χ2n) is 5.42. The minimum atomic E-state index is 0.0727. The van der Waals surface area contributed by atoms with E-state index in [1.54, 1.807) is 0 Å². The highest BCUT2D eigenvalue weighted by Crippen LogP contribution is 2.13. The minimum Gasteiger partial charge on any atom is -0.337 e. The number of urea groups is 1. The Kier molecular flexibility index (Phi) is 5.41. The number of carbonyl (C=O) groups is 1. The zero-order valence-corrected chi connectivity index (χ0v) is 12.5. The number of piperazine rings is 1. The van der Waals surface area contributed by atoms with E-state index in [1.165, 1.54) is 5.56 Å². The molecule has 1 N–H and O–H groups in total. The molecule has 110 valence electrons. The lowest BCUT2D eigenvalue weighted by molar-refractivity contribution is 0.143. The Labute approximate surface area is 121 Å². The third-order valence-corrected chi connectivity index (χ3v) is 4.03. The average Bonchev–Trinajstić information content (AvgIpc) is 2.53. The van der Waals surface area contributed by atoms with Gasteiger partial charge in [0, 0.05) is 32.7 Å². The number of carbonyl (C=O) groups excluding carboxylic acids is 1. The molecule has 20 heavy (non-hydrogen) atoms. The van der Waals surface area contributed by atoms with Gasteiger partial charge in [-0.1, -0.05) is 44.2 Å². The topological polar surface area (TPSA) is 35.6 Å². The average molecular weight is 275 g/mol. The van der Waals surface area contributed by atoms with Gasteiger partial charge in [0.05, 0.1) is 0 Å². The van der Waals surface area contributed by atoms with Crippen LogP contribution in [0.5, 0.6) is 0 Å². The Bertz CT molecular complexity index is 413. The molecule has 2 rings (SSSR count). The van der Waals surface area contributed by atoms with E-state index in [9.17, 15) is 4.79 Å². The summed E-state index contributed by atoms with van der Waals surface area (Å²) in [6.07, 6.45) is 0. The van der Waals surface area contributed by atoms with Gasteiger partial charge in [-0.15, -0.1) is 0 Å². The molecule has 1 atom stereocenters. The summed E-state index contributed by atoms with van der Waals surface area (Å²) in [5.41, 5.74) is 1.27. The maximum Gasteiger partial charge on any atom is 0.317 e. The number of likely N-dealkylation sites (N-methyl/N-ethyl adjacent to an activating group) is 1. The van der Waals surface area contributed by atoms with Gasteiger partial charge in [0.25, 0.3) is 0 Å². The van der Waals surface area contributed by atoms with E-state index >= 15 is 0 Å². The van der Waals surface area contributed by atoms with Crippen LogP contribution in [-0.2, 0) is 0 Å². The molecule has 1 heterocycles. The Morgan fingerprint density at radius 3 is 2.45 bits per heavy atom. The number of nitrogens with zero attached hydrogens (tertiary/aromatic N) is 2. The van der Waals surface area contributed by atoms with Crippen molar-refractivity contribution in [1.82, 2.24) is 15.1 Å². The number of hydrogen-bond donors (Lipinski definition) is 1. The van der Waals surface area contributed by atoms with Crippen LogP contribution in [0.3, 0.4) is 0 Å². The van der Waals surface area contributed by atoms with Crippen LogP contribution in [-0.4, -0.2) is 55.1 Å². The molecule has 1 saturated heterocycles. The third kappa shape index (κ3) is 3.97. The van der Waals surface area contributed by atoms with Crippen LogP contribution in [0.1, 0.15) is 25.3 Å². The number of amides is 2. The molecule has 0 aromatic heterocycles. The molecule has 1 aliphatic rings. The normalized spacial score (nSPS) is 17.8. The molecule has 0 bridgehead atoms. The molecule has 4 heteroatoms. The van der Waals surface area contributed by atoms with E-state index in [-0.39, 0.29) is 6.03 Å². The molecule has 1 fully saturated rings. The second-order valence-corrected chi connectivity index (χ2v) is 5.42. The summed E-state index contributed by atoms with van der Waals surface area (Å²) in [5.74, 6) is 0.345. The monoisotopic (exact) mass is 275 g/mol. The SMILES string of the molecule is CCN1CCN(C(=O)NCC(C)c2ccccc2)CC1. The molecule has 4 nitrogen and oxygen atoms in total. The van der Waals surface area contributed by atoms with Gasteiger partial charge < -0.3 is 15.1 Å². The maximum atomic E-state index is 12.1. The van der Waals surface area contributed by atoms with Crippen molar-refractivity contribution in [2.75, 3.05) is 39.3 Å². The van der Waals surface area contributed by atoms with Gasteiger partial charge >= 0.3 is 6.03 Å². The Morgan fingerprint density at radius 2 is 1.85 bits per heavy atom. The van der Waals surface area contributed by atoms with Gasteiger partial charge in [-0.2, -0.15) is 0 Å². The van der Waals surface area contributed by atoms with Crippen molar-refractivity contribution in [3.63, 3.8) is 0 Å². The highest BCUT2D eigenvalue weighted by Gasteiger charge is 2.20. The van der Waals surface area contributed by atoms with E-state index in [0.29, 0.717) is 12.5 Å². The van der Waals surface area contributed by atoms with Crippen LogP contribution < -0.4 is 5.32 Å². The van der Waals surface area contributed by atoms with Crippen molar-refractivity contribution in [3.05, 3.63) is 35.9 Å².